The summed E-state index contributed by atoms with van der Waals surface area (Å²) < 4.78 is 24.4. The molecule has 0 radical (unpaired) electrons. The number of hydrogen-bond donors (Lipinski definition) is 1. The number of nitro benzene ring substituents is 1. The fourth-order valence-corrected chi connectivity index (χ4v) is 3.64. The zero-order chi connectivity index (χ0) is 15.9. The van der Waals surface area contributed by atoms with E-state index in [1.165, 1.54) is 12.1 Å². The standard InChI is InChI=1S/C14H15N3O4S/c1-9-5-6-11(8-14(9)17(18)19)22(20,21)16-15-13-7-10-3-2-4-12(10)13/h2-3,5-6,8,10,12,16H,4,7H2,1H3/b15-13+. The first-order valence-corrected chi connectivity index (χ1v) is 8.37. The monoisotopic (exact) mass is 321 g/mol. The van der Waals surface area contributed by atoms with E-state index in [1.54, 1.807) is 6.92 Å². The smallest absolute Gasteiger partial charge is 0.258 e. The molecular weight excluding hydrogens is 306 g/mol. The van der Waals surface area contributed by atoms with Crippen LogP contribution in [0.4, 0.5) is 5.69 Å². The van der Waals surface area contributed by atoms with E-state index in [0.717, 1.165) is 24.6 Å². The van der Waals surface area contributed by atoms with Crippen molar-refractivity contribution in [3.8, 4) is 0 Å². The predicted octanol–water partition coefficient (Wildman–Crippen LogP) is 2.13. The van der Waals surface area contributed by atoms with E-state index in [1.807, 2.05) is 0 Å². The van der Waals surface area contributed by atoms with Gasteiger partial charge in [-0.2, -0.15) is 13.5 Å². The summed E-state index contributed by atoms with van der Waals surface area (Å²) in [5.74, 6) is 0.777. The summed E-state index contributed by atoms with van der Waals surface area (Å²) in [6, 6.07) is 3.81. The Balaban J connectivity index is 1.80. The van der Waals surface area contributed by atoms with Crippen molar-refractivity contribution in [2.24, 2.45) is 16.9 Å². The Morgan fingerprint density at radius 3 is 2.86 bits per heavy atom. The van der Waals surface area contributed by atoms with Crippen LogP contribution in [0.5, 0.6) is 0 Å². The van der Waals surface area contributed by atoms with E-state index in [-0.39, 0.29) is 10.6 Å². The van der Waals surface area contributed by atoms with E-state index >= 15 is 0 Å². The zero-order valence-corrected chi connectivity index (χ0v) is 12.7. The van der Waals surface area contributed by atoms with Gasteiger partial charge in [0.05, 0.1) is 9.82 Å². The Hall–Kier alpha value is -2.22. The van der Waals surface area contributed by atoms with Crippen molar-refractivity contribution < 1.29 is 13.3 Å². The number of allylic oxidation sites excluding steroid dienone is 2. The third kappa shape index (κ3) is 2.50. The van der Waals surface area contributed by atoms with Gasteiger partial charge in [0, 0.05) is 23.3 Å². The second-order valence-electron chi connectivity index (χ2n) is 5.54. The van der Waals surface area contributed by atoms with E-state index in [0.29, 0.717) is 17.4 Å². The van der Waals surface area contributed by atoms with Crippen LogP contribution in [0.15, 0.2) is 40.3 Å². The number of nitro groups is 1. The molecule has 1 aromatic rings. The zero-order valence-electron chi connectivity index (χ0n) is 11.9. The van der Waals surface area contributed by atoms with E-state index in [2.05, 4.69) is 22.1 Å². The summed E-state index contributed by atoms with van der Waals surface area (Å²) in [5.41, 5.74) is 1.02. The number of benzene rings is 1. The Labute approximate surface area is 127 Å². The summed E-state index contributed by atoms with van der Waals surface area (Å²) in [6.07, 6.45) is 5.86. The van der Waals surface area contributed by atoms with Gasteiger partial charge in [-0.3, -0.25) is 10.1 Å². The van der Waals surface area contributed by atoms with Gasteiger partial charge in [-0.05, 0) is 31.7 Å². The normalized spacial score (nSPS) is 24.9. The molecule has 2 aliphatic carbocycles. The van der Waals surface area contributed by atoms with Crippen LogP contribution in [-0.2, 0) is 10.0 Å². The molecule has 1 fully saturated rings. The van der Waals surface area contributed by atoms with Crippen LogP contribution in [-0.4, -0.2) is 19.1 Å². The van der Waals surface area contributed by atoms with Gasteiger partial charge >= 0.3 is 0 Å². The first-order valence-electron chi connectivity index (χ1n) is 6.88. The van der Waals surface area contributed by atoms with E-state index in [9.17, 15) is 18.5 Å². The number of hydrazone groups is 1. The quantitative estimate of drug-likeness (QED) is 0.521. The lowest BCUT2D eigenvalue weighted by molar-refractivity contribution is -0.385. The maximum absolute atomic E-state index is 12.2. The lowest BCUT2D eigenvalue weighted by atomic mass is 9.74. The van der Waals surface area contributed by atoms with Crippen molar-refractivity contribution in [3.05, 3.63) is 46.0 Å². The van der Waals surface area contributed by atoms with Crippen LogP contribution < -0.4 is 4.83 Å². The molecule has 3 rings (SSSR count). The SMILES string of the molecule is Cc1ccc(S(=O)(=O)N/N=C2\CC3C=CCC23)cc1[N+](=O)[O-]. The highest BCUT2D eigenvalue weighted by atomic mass is 32.2. The largest absolute Gasteiger partial charge is 0.276 e. The number of hydrogen-bond acceptors (Lipinski definition) is 5. The number of nitrogens with one attached hydrogen (secondary N) is 1. The minimum atomic E-state index is -3.90. The number of aryl methyl sites for hydroxylation is 1. The van der Waals surface area contributed by atoms with Gasteiger partial charge in [0.15, 0.2) is 0 Å². The van der Waals surface area contributed by atoms with E-state index in [4.69, 9.17) is 0 Å². The molecule has 0 heterocycles. The van der Waals surface area contributed by atoms with Gasteiger partial charge in [0.25, 0.3) is 15.7 Å². The molecule has 0 aliphatic heterocycles. The molecule has 22 heavy (non-hydrogen) atoms. The average Bonchev–Trinajstić information content (AvgIpc) is 2.80. The van der Waals surface area contributed by atoms with Gasteiger partial charge in [-0.15, -0.1) is 0 Å². The third-order valence-electron chi connectivity index (χ3n) is 4.16. The van der Waals surface area contributed by atoms with Crippen LogP contribution >= 0.6 is 0 Å². The topological polar surface area (TPSA) is 102 Å². The fourth-order valence-electron chi connectivity index (χ4n) is 2.79. The number of fused-ring (bicyclic) bond motifs is 1. The summed E-state index contributed by atoms with van der Waals surface area (Å²) in [4.78, 5) is 12.3. The van der Waals surface area contributed by atoms with E-state index < -0.39 is 14.9 Å². The van der Waals surface area contributed by atoms with Crippen LogP contribution in [0, 0.1) is 28.9 Å². The Bertz CT molecular complexity index is 798. The van der Waals surface area contributed by atoms with Crippen molar-refractivity contribution in [1.82, 2.24) is 4.83 Å². The highest BCUT2D eigenvalue weighted by molar-refractivity contribution is 7.89. The number of nitrogens with zero attached hydrogens (tertiary/aromatic N) is 2. The van der Waals surface area contributed by atoms with Crippen LogP contribution in [0.25, 0.3) is 0 Å². The molecule has 0 aromatic heterocycles. The maximum Gasteiger partial charge on any atom is 0.276 e. The molecule has 0 spiro atoms. The second-order valence-corrected chi connectivity index (χ2v) is 7.20. The summed E-state index contributed by atoms with van der Waals surface area (Å²) in [5, 5.41) is 14.9. The third-order valence-corrected chi connectivity index (χ3v) is 5.37. The van der Waals surface area contributed by atoms with Crippen molar-refractivity contribution in [1.29, 1.82) is 0 Å². The predicted molar refractivity (Wildman–Crippen MR) is 80.9 cm³/mol. The molecule has 0 amide bonds. The highest BCUT2D eigenvalue weighted by Gasteiger charge is 2.38. The van der Waals surface area contributed by atoms with Gasteiger partial charge in [0.2, 0.25) is 0 Å². The van der Waals surface area contributed by atoms with Gasteiger partial charge in [-0.25, -0.2) is 4.83 Å². The maximum atomic E-state index is 12.2. The van der Waals surface area contributed by atoms with Gasteiger partial charge in [-0.1, -0.05) is 18.2 Å². The van der Waals surface area contributed by atoms with Gasteiger partial charge < -0.3 is 0 Å². The van der Waals surface area contributed by atoms with Crippen LogP contribution in [0.1, 0.15) is 18.4 Å². The Kier molecular flexibility index (Phi) is 3.48. The fraction of sp³-hybridized carbons (Fsp3) is 0.357. The van der Waals surface area contributed by atoms with Crippen molar-refractivity contribution in [2.45, 2.75) is 24.7 Å². The van der Waals surface area contributed by atoms with Crippen LogP contribution in [0.2, 0.25) is 0 Å². The molecule has 8 heteroatoms. The molecule has 1 N–H and O–H groups in total. The summed E-state index contributed by atoms with van der Waals surface area (Å²) in [6.45, 7) is 1.56. The lowest BCUT2D eigenvalue weighted by Gasteiger charge is -2.31. The molecule has 1 saturated carbocycles. The Morgan fingerprint density at radius 2 is 2.18 bits per heavy atom. The Morgan fingerprint density at radius 1 is 1.41 bits per heavy atom. The molecule has 2 atom stereocenters. The average molecular weight is 321 g/mol. The second kappa shape index (κ2) is 5.20. The minimum absolute atomic E-state index is 0.158. The lowest BCUT2D eigenvalue weighted by Crippen LogP contribution is -2.35. The molecular formula is C14H15N3O4S. The van der Waals surface area contributed by atoms with Crippen molar-refractivity contribution in [3.63, 3.8) is 0 Å². The summed E-state index contributed by atoms with van der Waals surface area (Å²) in [7, 11) is -3.90. The summed E-state index contributed by atoms with van der Waals surface area (Å²) >= 11 is 0. The number of sulfonamides is 1. The van der Waals surface area contributed by atoms with Crippen LogP contribution in [0.3, 0.4) is 0 Å². The molecule has 2 aliphatic rings. The first kappa shape index (κ1) is 14.7. The van der Waals surface area contributed by atoms with Crippen molar-refractivity contribution in [2.75, 3.05) is 0 Å². The van der Waals surface area contributed by atoms with Crippen molar-refractivity contribution >= 4 is 21.4 Å². The molecule has 7 nitrogen and oxygen atoms in total. The highest BCUT2D eigenvalue weighted by Crippen LogP contribution is 2.40. The minimum Gasteiger partial charge on any atom is -0.258 e. The molecule has 0 bridgehead atoms. The molecule has 116 valence electrons. The molecule has 1 aromatic carbocycles. The number of rotatable bonds is 4. The molecule has 2 unspecified atom stereocenters. The first-order chi connectivity index (χ1) is 10.4. The van der Waals surface area contributed by atoms with Gasteiger partial charge in [0.1, 0.15) is 0 Å². The molecule has 0 saturated heterocycles.